The van der Waals surface area contributed by atoms with Crippen LogP contribution in [-0.2, 0) is 18.3 Å². The Kier molecular flexibility index (Phi) is 5.38. The van der Waals surface area contributed by atoms with E-state index in [4.69, 9.17) is 5.73 Å². The molecule has 1 saturated carbocycles. The molecule has 6 nitrogen and oxygen atoms in total. The molecule has 2 aromatic rings. The van der Waals surface area contributed by atoms with E-state index in [0.29, 0.717) is 19.3 Å². The Bertz CT molecular complexity index is 796. The Morgan fingerprint density at radius 3 is 2.58 bits per heavy atom. The molecule has 1 atom stereocenters. The van der Waals surface area contributed by atoms with E-state index >= 15 is 0 Å². The van der Waals surface area contributed by atoms with E-state index in [9.17, 15) is 10.1 Å². The maximum atomic E-state index is 12.5. The monoisotopic (exact) mass is 351 g/mol. The van der Waals surface area contributed by atoms with Crippen molar-refractivity contribution in [2.24, 2.45) is 12.8 Å². The smallest absolute Gasteiger partial charge is 0.241 e. The lowest BCUT2D eigenvalue weighted by Crippen LogP contribution is -2.57. The molecule has 1 aromatic carbocycles. The predicted octanol–water partition coefficient (Wildman–Crippen LogP) is 2.30. The Labute approximate surface area is 154 Å². The van der Waals surface area contributed by atoms with Gasteiger partial charge in [0.1, 0.15) is 6.04 Å². The molecule has 3 rings (SSSR count). The van der Waals surface area contributed by atoms with Crippen LogP contribution in [0.25, 0.3) is 11.1 Å². The van der Waals surface area contributed by atoms with Gasteiger partial charge in [0.25, 0.3) is 0 Å². The highest BCUT2D eigenvalue weighted by Gasteiger charge is 2.36. The number of carbonyl (C=O) groups is 1. The fourth-order valence-corrected chi connectivity index (χ4v) is 3.48. The molecule has 1 aliphatic rings. The fraction of sp³-hybridized carbons (Fsp3) is 0.450. The first-order valence-electron chi connectivity index (χ1n) is 9.07. The van der Waals surface area contributed by atoms with E-state index in [1.165, 1.54) is 0 Å². The van der Waals surface area contributed by atoms with Crippen molar-refractivity contribution in [3.8, 4) is 17.2 Å². The number of hydrogen-bond acceptors (Lipinski definition) is 4. The highest BCUT2D eigenvalue weighted by Crippen LogP contribution is 2.26. The normalized spacial score (nSPS) is 17.3. The van der Waals surface area contributed by atoms with Crippen LogP contribution < -0.4 is 11.1 Å². The van der Waals surface area contributed by atoms with Gasteiger partial charge in [-0.15, -0.1) is 0 Å². The first-order valence-corrected chi connectivity index (χ1v) is 9.07. The van der Waals surface area contributed by atoms with Crippen LogP contribution in [0.4, 0.5) is 0 Å². The fourth-order valence-electron chi connectivity index (χ4n) is 3.48. The van der Waals surface area contributed by atoms with Crippen LogP contribution in [-0.4, -0.2) is 27.3 Å². The van der Waals surface area contributed by atoms with Crippen LogP contribution in [0.1, 0.15) is 37.7 Å². The molecule has 0 bridgehead atoms. The van der Waals surface area contributed by atoms with E-state index in [1.54, 1.807) is 4.68 Å². The highest BCUT2D eigenvalue weighted by molar-refractivity contribution is 5.86. The van der Waals surface area contributed by atoms with Gasteiger partial charge in [0, 0.05) is 25.2 Å². The number of nitriles is 1. The molecule has 136 valence electrons. The van der Waals surface area contributed by atoms with E-state index in [1.807, 2.05) is 43.7 Å². The van der Waals surface area contributed by atoms with Crippen molar-refractivity contribution in [3.05, 3.63) is 42.2 Å². The minimum Gasteiger partial charge on any atom is -0.338 e. The lowest BCUT2D eigenvalue weighted by atomic mass is 9.81. The third-order valence-corrected chi connectivity index (χ3v) is 5.09. The molecule has 1 aromatic heterocycles. The average molecular weight is 351 g/mol. The topological polar surface area (TPSA) is 96.7 Å². The van der Waals surface area contributed by atoms with Gasteiger partial charge >= 0.3 is 0 Å². The molecule has 1 heterocycles. The minimum atomic E-state index is -0.822. The minimum absolute atomic E-state index is 0.198. The van der Waals surface area contributed by atoms with Crippen molar-refractivity contribution in [3.63, 3.8) is 0 Å². The molecule has 0 radical (unpaired) electrons. The number of carbonyl (C=O) groups excluding carboxylic acids is 1. The number of nitrogens with zero attached hydrogens (tertiary/aromatic N) is 3. The first kappa shape index (κ1) is 18.2. The van der Waals surface area contributed by atoms with Crippen molar-refractivity contribution in [1.82, 2.24) is 15.1 Å². The molecule has 0 saturated heterocycles. The Morgan fingerprint density at radius 2 is 2.00 bits per heavy atom. The summed E-state index contributed by atoms with van der Waals surface area (Å²) in [6.45, 7) is 0. The highest BCUT2D eigenvalue weighted by atomic mass is 16.2. The summed E-state index contributed by atoms with van der Waals surface area (Å²) < 4.78 is 1.76. The molecule has 1 fully saturated rings. The second kappa shape index (κ2) is 7.71. The van der Waals surface area contributed by atoms with Crippen LogP contribution in [0.15, 0.2) is 36.7 Å². The van der Waals surface area contributed by atoms with Crippen LogP contribution in [0.5, 0.6) is 0 Å². The number of nitrogens with one attached hydrogen (secondary N) is 1. The van der Waals surface area contributed by atoms with Crippen LogP contribution in [0.3, 0.4) is 0 Å². The maximum Gasteiger partial charge on any atom is 0.241 e. The third-order valence-electron chi connectivity index (χ3n) is 5.09. The Morgan fingerprint density at radius 1 is 1.31 bits per heavy atom. The second-order valence-electron chi connectivity index (χ2n) is 7.18. The molecule has 6 heteroatoms. The number of hydrogen-bond donors (Lipinski definition) is 2. The molecule has 26 heavy (non-hydrogen) atoms. The number of rotatable bonds is 5. The maximum absolute atomic E-state index is 12.5. The summed E-state index contributed by atoms with van der Waals surface area (Å²) >= 11 is 0. The van der Waals surface area contributed by atoms with Crippen molar-refractivity contribution in [2.45, 2.75) is 50.1 Å². The first-order chi connectivity index (χ1) is 12.5. The number of aromatic nitrogens is 2. The van der Waals surface area contributed by atoms with Crippen LogP contribution in [0.2, 0.25) is 0 Å². The van der Waals surface area contributed by atoms with E-state index in [2.05, 4.69) is 16.5 Å². The van der Waals surface area contributed by atoms with Gasteiger partial charge in [-0.2, -0.15) is 10.4 Å². The van der Waals surface area contributed by atoms with Crippen molar-refractivity contribution >= 4 is 5.91 Å². The van der Waals surface area contributed by atoms with Crippen LogP contribution in [0, 0.1) is 11.3 Å². The number of benzene rings is 1. The van der Waals surface area contributed by atoms with Crippen molar-refractivity contribution in [2.75, 3.05) is 0 Å². The van der Waals surface area contributed by atoms with Gasteiger partial charge in [-0.05, 0) is 24.0 Å². The zero-order chi connectivity index (χ0) is 18.6. The molecule has 0 spiro atoms. The van der Waals surface area contributed by atoms with E-state index < -0.39 is 11.6 Å². The molecule has 1 amide bonds. The van der Waals surface area contributed by atoms with Gasteiger partial charge in [0.2, 0.25) is 5.91 Å². The second-order valence-corrected chi connectivity index (χ2v) is 7.18. The van der Waals surface area contributed by atoms with Gasteiger partial charge in [-0.1, -0.05) is 43.5 Å². The van der Waals surface area contributed by atoms with Crippen molar-refractivity contribution < 1.29 is 4.79 Å². The summed E-state index contributed by atoms with van der Waals surface area (Å²) in [5.74, 6) is -0.198. The Balaban J connectivity index is 1.63. The molecular formula is C20H25N5O. The molecule has 1 aliphatic carbocycles. The average Bonchev–Trinajstić information content (AvgIpc) is 3.08. The number of amides is 1. The van der Waals surface area contributed by atoms with Gasteiger partial charge in [0.15, 0.2) is 0 Å². The van der Waals surface area contributed by atoms with Gasteiger partial charge in [-0.3, -0.25) is 9.48 Å². The van der Waals surface area contributed by atoms with E-state index in [0.717, 1.165) is 36.0 Å². The van der Waals surface area contributed by atoms with Crippen LogP contribution >= 0.6 is 0 Å². The summed E-state index contributed by atoms with van der Waals surface area (Å²) in [5.41, 5.74) is 8.55. The number of aryl methyl sites for hydroxylation is 1. The standard InChI is InChI=1S/C20H25N5O/c1-25-14-17(13-23-25)16-7-5-15(6-8-16)11-18(12-21)24-19(26)20(22)9-3-2-4-10-20/h5-8,13-14,18H,2-4,9-11,22H2,1H3,(H,24,26). The largest absolute Gasteiger partial charge is 0.338 e. The van der Waals surface area contributed by atoms with Crippen molar-refractivity contribution in [1.29, 1.82) is 5.26 Å². The third kappa shape index (κ3) is 4.12. The lowest BCUT2D eigenvalue weighted by molar-refractivity contribution is -0.127. The lowest BCUT2D eigenvalue weighted by Gasteiger charge is -2.32. The SMILES string of the molecule is Cn1cc(-c2ccc(CC(C#N)NC(=O)C3(N)CCCCC3)cc2)cn1. The molecular weight excluding hydrogens is 326 g/mol. The van der Waals surface area contributed by atoms with Gasteiger partial charge in [0.05, 0.1) is 17.8 Å². The summed E-state index contributed by atoms with van der Waals surface area (Å²) in [4.78, 5) is 12.5. The van der Waals surface area contributed by atoms with Gasteiger partial charge < -0.3 is 11.1 Å². The summed E-state index contributed by atoms with van der Waals surface area (Å²) in [5, 5.41) is 16.4. The molecule has 1 unspecified atom stereocenters. The molecule has 3 N–H and O–H groups in total. The van der Waals surface area contributed by atoms with Gasteiger partial charge in [-0.25, -0.2) is 0 Å². The zero-order valence-electron chi connectivity index (χ0n) is 15.1. The summed E-state index contributed by atoms with van der Waals surface area (Å²) in [6, 6.07) is 9.60. The number of nitrogens with two attached hydrogens (primary N) is 1. The quantitative estimate of drug-likeness (QED) is 0.864. The summed E-state index contributed by atoms with van der Waals surface area (Å²) in [6.07, 6.45) is 8.68. The summed E-state index contributed by atoms with van der Waals surface area (Å²) in [7, 11) is 1.88. The Hall–Kier alpha value is -2.65. The zero-order valence-corrected chi connectivity index (χ0v) is 15.1. The predicted molar refractivity (Wildman–Crippen MR) is 99.9 cm³/mol. The van der Waals surface area contributed by atoms with E-state index in [-0.39, 0.29) is 5.91 Å². The molecule has 0 aliphatic heterocycles.